The highest BCUT2D eigenvalue weighted by molar-refractivity contribution is 7.89. The highest BCUT2D eigenvalue weighted by atomic mass is 32.2. The first-order valence-corrected chi connectivity index (χ1v) is 8.34. The van der Waals surface area contributed by atoms with Gasteiger partial charge in [-0.2, -0.15) is 0 Å². The van der Waals surface area contributed by atoms with Gasteiger partial charge in [0.25, 0.3) is 0 Å². The van der Waals surface area contributed by atoms with Crippen molar-refractivity contribution in [2.75, 3.05) is 26.8 Å². The summed E-state index contributed by atoms with van der Waals surface area (Å²) in [6.45, 7) is 5.50. The topological polar surface area (TPSA) is 67.4 Å². The maximum atomic E-state index is 12.2. The van der Waals surface area contributed by atoms with Gasteiger partial charge in [0.15, 0.2) is 0 Å². The van der Waals surface area contributed by atoms with Crippen molar-refractivity contribution < 1.29 is 13.2 Å². The summed E-state index contributed by atoms with van der Waals surface area (Å²) in [6, 6.07) is 7.10. The zero-order valence-electron chi connectivity index (χ0n) is 12.3. The van der Waals surface area contributed by atoms with Crippen molar-refractivity contribution in [2.45, 2.75) is 31.2 Å². The first-order chi connectivity index (χ1) is 9.51. The van der Waals surface area contributed by atoms with Crippen molar-refractivity contribution in [3.8, 4) is 0 Å². The van der Waals surface area contributed by atoms with Gasteiger partial charge in [-0.05, 0) is 45.0 Å². The van der Waals surface area contributed by atoms with E-state index in [2.05, 4.69) is 10.0 Å². The second kappa shape index (κ2) is 8.36. The Hall–Kier alpha value is -0.950. The fourth-order valence-corrected chi connectivity index (χ4v) is 2.85. The Balaban J connectivity index is 2.67. The normalized spacial score (nSPS) is 13.3. The van der Waals surface area contributed by atoms with Crippen molar-refractivity contribution in [1.29, 1.82) is 0 Å². The molecule has 0 heterocycles. The van der Waals surface area contributed by atoms with Crippen molar-refractivity contribution in [1.82, 2.24) is 10.0 Å². The monoisotopic (exact) mass is 300 g/mol. The van der Waals surface area contributed by atoms with Gasteiger partial charge in [-0.25, -0.2) is 13.1 Å². The first kappa shape index (κ1) is 17.1. The zero-order chi connectivity index (χ0) is 15.0. The third kappa shape index (κ3) is 5.20. The minimum absolute atomic E-state index is 0.114. The van der Waals surface area contributed by atoms with Crippen LogP contribution in [0.1, 0.15) is 31.9 Å². The Bertz CT molecular complexity index is 503. The second-order valence-corrected chi connectivity index (χ2v) is 6.30. The van der Waals surface area contributed by atoms with Crippen LogP contribution in [0.4, 0.5) is 0 Å². The Kier molecular flexibility index (Phi) is 7.15. The molecule has 0 saturated heterocycles. The Morgan fingerprint density at radius 3 is 2.75 bits per heavy atom. The quantitative estimate of drug-likeness (QED) is 0.681. The molecule has 1 aromatic carbocycles. The molecule has 1 rings (SSSR count). The van der Waals surface area contributed by atoms with Gasteiger partial charge in [-0.15, -0.1) is 0 Å². The third-order valence-electron chi connectivity index (χ3n) is 3.06. The fraction of sp³-hybridized carbons (Fsp3) is 0.571. The predicted octanol–water partition coefficient (Wildman–Crippen LogP) is 1.67. The summed E-state index contributed by atoms with van der Waals surface area (Å²) in [6.07, 6.45) is 0.666. The lowest BCUT2D eigenvalue weighted by Crippen LogP contribution is -2.26. The van der Waals surface area contributed by atoms with Crippen molar-refractivity contribution >= 4 is 10.0 Å². The molecule has 0 saturated carbocycles. The molecule has 0 fully saturated rings. The lowest BCUT2D eigenvalue weighted by Gasteiger charge is -2.12. The molecule has 0 bridgehead atoms. The molecule has 0 aliphatic rings. The van der Waals surface area contributed by atoms with Gasteiger partial charge < -0.3 is 10.1 Å². The average Bonchev–Trinajstić information content (AvgIpc) is 2.46. The third-order valence-corrected chi connectivity index (χ3v) is 4.52. The smallest absolute Gasteiger partial charge is 0.240 e. The molecule has 20 heavy (non-hydrogen) atoms. The predicted molar refractivity (Wildman–Crippen MR) is 80.2 cm³/mol. The molecule has 6 heteroatoms. The van der Waals surface area contributed by atoms with E-state index in [1.165, 1.54) is 0 Å². The summed E-state index contributed by atoms with van der Waals surface area (Å²) < 4.78 is 32.1. The van der Waals surface area contributed by atoms with Gasteiger partial charge in [0.05, 0.1) is 4.90 Å². The molecule has 0 spiro atoms. The second-order valence-electron chi connectivity index (χ2n) is 4.53. The van der Waals surface area contributed by atoms with Gasteiger partial charge in [-0.3, -0.25) is 0 Å². The van der Waals surface area contributed by atoms with E-state index in [4.69, 9.17) is 4.74 Å². The first-order valence-electron chi connectivity index (χ1n) is 6.86. The highest BCUT2D eigenvalue weighted by Gasteiger charge is 2.14. The Morgan fingerprint density at radius 2 is 2.10 bits per heavy atom. The molecule has 5 nitrogen and oxygen atoms in total. The SMILES string of the molecule is CCOCCCNS(=O)(=O)c1cccc(C(C)NC)c1. The van der Waals surface area contributed by atoms with E-state index in [0.717, 1.165) is 5.56 Å². The maximum Gasteiger partial charge on any atom is 0.240 e. The number of nitrogens with one attached hydrogen (secondary N) is 2. The van der Waals surface area contributed by atoms with E-state index in [0.29, 0.717) is 31.1 Å². The number of hydrogen-bond donors (Lipinski definition) is 2. The molecular weight excluding hydrogens is 276 g/mol. The summed E-state index contributed by atoms with van der Waals surface area (Å²) in [5.74, 6) is 0. The highest BCUT2D eigenvalue weighted by Crippen LogP contribution is 2.16. The van der Waals surface area contributed by atoms with E-state index in [1.54, 1.807) is 18.2 Å². The van der Waals surface area contributed by atoms with Crippen LogP contribution in [0.3, 0.4) is 0 Å². The van der Waals surface area contributed by atoms with Crippen LogP contribution >= 0.6 is 0 Å². The summed E-state index contributed by atoms with van der Waals surface area (Å²) in [4.78, 5) is 0.300. The van der Waals surface area contributed by atoms with Crippen LogP contribution in [-0.2, 0) is 14.8 Å². The summed E-state index contributed by atoms with van der Waals surface area (Å²) in [5, 5.41) is 3.09. The Morgan fingerprint density at radius 1 is 1.35 bits per heavy atom. The average molecular weight is 300 g/mol. The largest absolute Gasteiger partial charge is 0.382 e. The number of benzene rings is 1. The molecule has 114 valence electrons. The molecule has 1 unspecified atom stereocenters. The zero-order valence-corrected chi connectivity index (χ0v) is 13.2. The van der Waals surface area contributed by atoms with Crippen LogP contribution in [0.15, 0.2) is 29.2 Å². The molecule has 1 aromatic rings. The van der Waals surface area contributed by atoms with E-state index >= 15 is 0 Å². The summed E-state index contributed by atoms with van der Waals surface area (Å²) >= 11 is 0. The molecule has 0 aliphatic carbocycles. The molecular formula is C14H24N2O3S. The van der Waals surface area contributed by atoms with E-state index in [9.17, 15) is 8.42 Å². The van der Waals surface area contributed by atoms with E-state index in [-0.39, 0.29) is 6.04 Å². The minimum Gasteiger partial charge on any atom is -0.382 e. The van der Waals surface area contributed by atoms with Crippen LogP contribution in [0.25, 0.3) is 0 Å². The standard InChI is InChI=1S/C14H24N2O3S/c1-4-19-10-6-9-16-20(17,18)14-8-5-7-13(11-14)12(2)15-3/h5,7-8,11-12,15-16H,4,6,9-10H2,1-3H3. The van der Waals surface area contributed by atoms with Gasteiger partial charge in [0.1, 0.15) is 0 Å². The molecule has 0 aliphatic heterocycles. The van der Waals surface area contributed by atoms with Crippen molar-refractivity contribution in [3.63, 3.8) is 0 Å². The van der Waals surface area contributed by atoms with Crippen molar-refractivity contribution in [3.05, 3.63) is 29.8 Å². The summed E-state index contributed by atoms with van der Waals surface area (Å²) in [7, 11) is -1.60. The Labute approximate surface area is 121 Å². The van der Waals surface area contributed by atoms with Gasteiger partial charge in [-0.1, -0.05) is 12.1 Å². The molecule has 0 radical (unpaired) electrons. The number of hydrogen-bond acceptors (Lipinski definition) is 4. The van der Waals surface area contributed by atoms with E-state index < -0.39 is 10.0 Å². The molecule has 0 aromatic heterocycles. The molecule has 2 N–H and O–H groups in total. The molecule has 0 amide bonds. The fourth-order valence-electron chi connectivity index (χ4n) is 1.73. The van der Waals surface area contributed by atoms with Crippen LogP contribution in [0, 0.1) is 0 Å². The number of rotatable bonds is 9. The van der Waals surface area contributed by atoms with E-state index in [1.807, 2.05) is 27.0 Å². The van der Waals surface area contributed by atoms with Crippen LogP contribution in [-0.4, -0.2) is 35.2 Å². The van der Waals surface area contributed by atoms with Crippen LogP contribution in [0.5, 0.6) is 0 Å². The van der Waals surface area contributed by atoms with Gasteiger partial charge in [0, 0.05) is 25.8 Å². The minimum atomic E-state index is -3.45. The lowest BCUT2D eigenvalue weighted by molar-refractivity contribution is 0.146. The maximum absolute atomic E-state index is 12.2. The van der Waals surface area contributed by atoms with Crippen LogP contribution < -0.4 is 10.0 Å². The lowest BCUT2D eigenvalue weighted by atomic mass is 10.1. The van der Waals surface area contributed by atoms with Crippen molar-refractivity contribution in [2.24, 2.45) is 0 Å². The van der Waals surface area contributed by atoms with Crippen LogP contribution in [0.2, 0.25) is 0 Å². The van der Waals surface area contributed by atoms with Gasteiger partial charge in [0.2, 0.25) is 10.0 Å². The summed E-state index contributed by atoms with van der Waals surface area (Å²) in [5.41, 5.74) is 0.949. The number of ether oxygens (including phenoxy) is 1. The molecule has 1 atom stereocenters. The number of sulfonamides is 1. The van der Waals surface area contributed by atoms with Gasteiger partial charge >= 0.3 is 0 Å².